The molecule has 180 valence electrons. The van der Waals surface area contributed by atoms with Crippen LogP contribution in [0, 0.1) is 0 Å². The fourth-order valence-corrected chi connectivity index (χ4v) is 4.80. The summed E-state index contributed by atoms with van der Waals surface area (Å²) in [6.07, 6.45) is 0. The number of fused-ring (bicyclic) bond motifs is 1. The number of thiocarbonyl (C=S) groups is 1. The van der Waals surface area contributed by atoms with Gasteiger partial charge in [0, 0.05) is 17.3 Å². The fraction of sp³-hybridized carbons (Fsp3) is 0.148. The highest BCUT2D eigenvalue weighted by Gasteiger charge is 2.35. The summed E-state index contributed by atoms with van der Waals surface area (Å²) in [4.78, 5) is 6.71. The molecule has 6 rings (SSSR count). The molecule has 0 saturated heterocycles. The molecule has 1 aromatic heterocycles. The molecular weight excluding hydrogens is 476 g/mol. The van der Waals surface area contributed by atoms with Crippen molar-refractivity contribution in [3.8, 4) is 28.6 Å². The van der Waals surface area contributed by atoms with Crippen molar-refractivity contribution in [3.05, 3.63) is 89.9 Å². The van der Waals surface area contributed by atoms with Crippen LogP contribution in [0.3, 0.4) is 0 Å². The van der Waals surface area contributed by atoms with Gasteiger partial charge in [0.15, 0.2) is 16.6 Å². The molecule has 0 bridgehead atoms. The van der Waals surface area contributed by atoms with E-state index >= 15 is 0 Å². The monoisotopic (exact) mass is 498 g/mol. The highest BCUT2D eigenvalue weighted by molar-refractivity contribution is 7.80. The Labute approximate surface area is 213 Å². The average Bonchev–Trinajstić information content (AvgIpc) is 3.59. The molecule has 9 heteroatoms. The van der Waals surface area contributed by atoms with E-state index in [0.29, 0.717) is 28.3 Å². The number of nitrogens with one attached hydrogen (secondary N) is 1. The molecule has 0 spiro atoms. The maximum Gasteiger partial charge on any atom is 0.258 e. The molecule has 2 aliphatic rings. The molecule has 3 heterocycles. The Bertz CT molecular complexity index is 1470. The minimum absolute atomic E-state index is 0.202. The van der Waals surface area contributed by atoms with Gasteiger partial charge in [0.25, 0.3) is 5.89 Å². The van der Waals surface area contributed by atoms with Crippen LogP contribution in [0.2, 0.25) is 0 Å². The van der Waals surface area contributed by atoms with Gasteiger partial charge in [-0.1, -0.05) is 35.5 Å². The zero-order valence-corrected chi connectivity index (χ0v) is 20.4. The quantitative estimate of drug-likeness (QED) is 0.367. The minimum Gasteiger partial charge on any atom is -0.497 e. The lowest BCUT2D eigenvalue weighted by atomic mass is 9.94. The van der Waals surface area contributed by atoms with Crippen LogP contribution in [0.5, 0.6) is 17.2 Å². The average molecular weight is 499 g/mol. The lowest BCUT2D eigenvalue weighted by molar-refractivity contribution is 0.174. The van der Waals surface area contributed by atoms with E-state index in [9.17, 15) is 0 Å². The van der Waals surface area contributed by atoms with E-state index < -0.39 is 0 Å². The molecule has 1 atom stereocenters. The van der Waals surface area contributed by atoms with Crippen molar-refractivity contribution in [2.24, 2.45) is 0 Å². The molecule has 0 radical (unpaired) electrons. The number of rotatable bonds is 5. The third-order valence-corrected chi connectivity index (χ3v) is 6.54. The molecule has 0 fully saturated rings. The molecule has 36 heavy (non-hydrogen) atoms. The molecule has 0 saturated carbocycles. The fourth-order valence-electron chi connectivity index (χ4n) is 4.44. The largest absolute Gasteiger partial charge is 0.497 e. The predicted octanol–water partition coefficient (Wildman–Crippen LogP) is 5.34. The molecule has 0 amide bonds. The number of methoxy groups -OCH3 is 1. The Hall–Kier alpha value is -4.37. The standard InChI is InChI=1S/C27H22N4O4S/c1-16-23(26-29-25(30-35-26)18-8-11-20(32-2)12-9-18)24(17-6-4-3-5-7-17)28-27(36)31(16)19-10-13-21-22(14-19)34-15-33-21/h3-14,24H,15H2,1-2H3,(H,28,36). The van der Waals surface area contributed by atoms with Crippen LogP contribution in [0.1, 0.15) is 24.4 Å². The lowest BCUT2D eigenvalue weighted by Gasteiger charge is -2.37. The first-order valence-corrected chi connectivity index (χ1v) is 11.8. The summed E-state index contributed by atoms with van der Waals surface area (Å²) in [7, 11) is 1.63. The first-order valence-electron chi connectivity index (χ1n) is 11.4. The zero-order chi connectivity index (χ0) is 24.6. The van der Waals surface area contributed by atoms with Gasteiger partial charge in [-0.15, -0.1) is 0 Å². The van der Waals surface area contributed by atoms with Gasteiger partial charge in [-0.3, -0.25) is 4.90 Å². The van der Waals surface area contributed by atoms with E-state index in [0.717, 1.165) is 33.8 Å². The Morgan fingerprint density at radius 2 is 1.78 bits per heavy atom. The topological polar surface area (TPSA) is 81.9 Å². The minimum atomic E-state index is -0.270. The van der Waals surface area contributed by atoms with Crippen molar-refractivity contribution in [1.82, 2.24) is 15.5 Å². The summed E-state index contributed by atoms with van der Waals surface area (Å²) in [6.45, 7) is 2.20. The van der Waals surface area contributed by atoms with Gasteiger partial charge < -0.3 is 24.1 Å². The maximum absolute atomic E-state index is 5.83. The molecule has 2 aliphatic heterocycles. The second-order valence-electron chi connectivity index (χ2n) is 8.32. The van der Waals surface area contributed by atoms with Crippen LogP contribution in [-0.2, 0) is 0 Å². The number of hydrogen-bond acceptors (Lipinski definition) is 7. The summed E-state index contributed by atoms with van der Waals surface area (Å²) in [5.41, 5.74) is 4.40. The summed E-state index contributed by atoms with van der Waals surface area (Å²) in [6, 6.07) is 23.1. The van der Waals surface area contributed by atoms with Gasteiger partial charge in [-0.05, 0) is 61.1 Å². The molecule has 4 aromatic rings. The van der Waals surface area contributed by atoms with Gasteiger partial charge in [-0.25, -0.2) is 0 Å². The third-order valence-electron chi connectivity index (χ3n) is 6.24. The number of ether oxygens (including phenoxy) is 3. The summed E-state index contributed by atoms with van der Waals surface area (Å²) >= 11 is 5.83. The van der Waals surface area contributed by atoms with Gasteiger partial charge in [0.1, 0.15) is 5.75 Å². The molecule has 8 nitrogen and oxygen atoms in total. The first-order chi connectivity index (χ1) is 17.6. The highest BCUT2D eigenvalue weighted by Crippen LogP contribution is 2.42. The van der Waals surface area contributed by atoms with E-state index in [1.54, 1.807) is 7.11 Å². The van der Waals surface area contributed by atoms with Crippen molar-refractivity contribution < 1.29 is 18.7 Å². The number of nitrogens with zero attached hydrogens (tertiary/aromatic N) is 3. The Balaban J connectivity index is 1.46. The summed E-state index contributed by atoms with van der Waals surface area (Å²) < 4.78 is 22.2. The maximum atomic E-state index is 5.83. The normalized spacial score (nSPS) is 16.8. The first kappa shape index (κ1) is 22.1. The van der Waals surface area contributed by atoms with E-state index in [2.05, 4.69) is 10.5 Å². The van der Waals surface area contributed by atoms with Crippen LogP contribution in [0.4, 0.5) is 5.69 Å². The number of aromatic nitrogens is 2. The summed E-state index contributed by atoms with van der Waals surface area (Å²) in [5, 5.41) is 8.30. The van der Waals surface area contributed by atoms with E-state index in [1.807, 2.05) is 84.6 Å². The van der Waals surface area contributed by atoms with Crippen molar-refractivity contribution in [2.75, 3.05) is 18.8 Å². The van der Waals surface area contributed by atoms with Crippen molar-refractivity contribution in [1.29, 1.82) is 0 Å². The number of anilines is 1. The summed E-state index contributed by atoms with van der Waals surface area (Å²) in [5.74, 6) is 3.04. The SMILES string of the molecule is COc1ccc(-c2noc(C3=C(C)N(c4ccc5c(c4)OCO5)C(=S)NC3c3ccccc3)n2)cc1. The zero-order valence-electron chi connectivity index (χ0n) is 19.6. The number of benzene rings is 3. The number of hydrogen-bond donors (Lipinski definition) is 1. The Kier molecular flexibility index (Phi) is 5.54. The smallest absolute Gasteiger partial charge is 0.258 e. The van der Waals surface area contributed by atoms with Crippen LogP contribution in [0.25, 0.3) is 17.0 Å². The van der Waals surface area contributed by atoms with E-state index in [-0.39, 0.29) is 12.8 Å². The van der Waals surface area contributed by atoms with Crippen LogP contribution in [-0.4, -0.2) is 29.2 Å². The predicted molar refractivity (Wildman–Crippen MR) is 139 cm³/mol. The molecule has 3 aromatic carbocycles. The Morgan fingerprint density at radius 3 is 2.56 bits per heavy atom. The second kappa shape index (κ2) is 9.01. The van der Waals surface area contributed by atoms with Gasteiger partial charge in [0.05, 0.1) is 24.4 Å². The van der Waals surface area contributed by atoms with Crippen molar-refractivity contribution in [2.45, 2.75) is 13.0 Å². The number of allylic oxidation sites excluding steroid dienone is 1. The molecular formula is C27H22N4O4S. The van der Waals surface area contributed by atoms with E-state index in [1.165, 1.54) is 0 Å². The second-order valence-corrected chi connectivity index (χ2v) is 8.70. The highest BCUT2D eigenvalue weighted by atomic mass is 32.1. The van der Waals surface area contributed by atoms with Gasteiger partial charge in [-0.2, -0.15) is 4.98 Å². The van der Waals surface area contributed by atoms with E-state index in [4.69, 9.17) is 35.9 Å². The molecule has 1 N–H and O–H groups in total. The molecule has 0 aliphatic carbocycles. The van der Waals surface area contributed by atoms with Gasteiger partial charge in [0.2, 0.25) is 12.6 Å². The third kappa shape index (κ3) is 3.83. The van der Waals surface area contributed by atoms with Crippen LogP contribution < -0.4 is 24.4 Å². The molecule has 1 unspecified atom stereocenters. The van der Waals surface area contributed by atoms with Crippen molar-refractivity contribution >= 4 is 28.6 Å². The van der Waals surface area contributed by atoms with Crippen LogP contribution >= 0.6 is 12.2 Å². The van der Waals surface area contributed by atoms with Crippen molar-refractivity contribution in [3.63, 3.8) is 0 Å². The lowest BCUT2D eigenvalue weighted by Crippen LogP contribution is -2.46. The van der Waals surface area contributed by atoms with Gasteiger partial charge >= 0.3 is 0 Å². The van der Waals surface area contributed by atoms with Crippen LogP contribution in [0.15, 0.2) is 83.0 Å². The Morgan fingerprint density at radius 1 is 1.00 bits per heavy atom.